The van der Waals surface area contributed by atoms with Crippen molar-refractivity contribution in [2.45, 2.75) is 13.3 Å². The van der Waals surface area contributed by atoms with E-state index < -0.39 is 0 Å². The highest BCUT2D eigenvalue weighted by Crippen LogP contribution is 2.25. The molecule has 0 atom stereocenters. The minimum atomic E-state index is 0. The van der Waals surface area contributed by atoms with Crippen LogP contribution in [0.25, 0.3) is 0 Å². The maximum atomic E-state index is 6.28. The van der Waals surface area contributed by atoms with E-state index in [1.807, 2.05) is 25.1 Å². The number of anilines is 1. The third-order valence-electron chi connectivity index (χ3n) is 4.04. The van der Waals surface area contributed by atoms with Crippen molar-refractivity contribution < 1.29 is 0 Å². The summed E-state index contributed by atoms with van der Waals surface area (Å²) in [5.74, 6) is 0.501. The van der Waals surface area contributed by atoms with Crippen LogP contribution >= 0.6 is 35.6 Å². The van der Waals surface area contributed by atoms with Gasteiger partial charge in [0.15, 0.2) is 5.96 Å². The Morgan fingerprint density at radius 1 is 1.28 bits per heavy atom. The standard InChI is InChI=1S/C18H28ClN5.HI/c1-15(2)14-22-18(20)21-8-5-9-23-10-12-24(13-11-23)17-7-4-3-6-16(17)19;/h3-4,6-7H,1,5,8-14H2,2H3,(H3,20,21,22);1H. The van der Waals surface area contributed by atoms with E-state index in [0.717, 1.165) is 62.0 Å². The zero-order chi connectivity index (χ0) is 17.4. The molecule has 1 aromatic rings. The summed E-state index contributed by atoms with van der Waals surface area (Å²) in [6.45, 7) is 12.4. The number of guanidine groups is 1. The van der Waals surface area contributed by atoms with Crippen LogP contribution in [0.5, 0.6) is 0 Å². The first kappa shape index (κ1) is 22.1. The zero-order valence-corrected chi connectivity index (χ0v) is 18.0. The van der Waals surface area contributed by atoms with Gasteiger partial charge in [0.2, 0.25) is 0 Å². The number of nitrogens with two attached hydrogens (primary N) is 1. The summed E-state index contributed by atoms with van der Waals surface area (Å²) in [7, 11) is 0. The van der Waals surface area contributed by atoms with E-state index in [1.165, 1.54) is 0 Å². The van der Waals surface area contributed by atoms with E-state index in [0.29, 0.717) is 12.5 Å². The lowest BCUT2D eigenvalue weighted by atomic mass is 10.2. The van der Waals surface area contributed by atoms with Gasteiger partial charge in [-0.1, -0.05) is 35.9 Å². The normalized spacial score (nSPS) is 15.6. The number of hydrogen-bond acceptors (Lipinski definition) is 3. The highest BCUT2D eigenvalue weighted by atomic mass is 127. The Labute approximate surface area is 173 Å². The molecule has 1 aliphatic rings. The van der Waals surface area contributed by atoms with E-state index in [4.69, 9.17) is 17.3 Å². The molecule has 0 saturated carbocycles. The van der Waals surface area contributed by atoms with Gasteiger partial charge in [-0.15, -0.1) is 24.0 Å². The number of benzene rings is 1. The molecular weight excluding hydrogens is 449 g/mol. The van der Waals surface area contributed by atoms with Crippen LogP contribution in [0.15, 0.2) is 41.4 Å². The lowest BCUT2D eigenvalue weighted by Crippen LogP contribution is -2.47. The van der Waals surface area contributed by atoms with Crippen molar-refractivity contribution in [3.05, 3.63) is 41.4 Å². The average molecular weight is 478 g/mol. The number of hydrogen-bond donors (Lipinski definition) is 2. The Kier molecular flexibility index (Phi) is 10.2. The Bertz CT molecular complexity index is 570. The van der Waals surface area contributed by atoms with Gasteiger partial charge in [-0.05, 0) is 32.0 Å². The fraction of sp³-hybridized carbons (Fsp3) is 0.500. The molecule has 0 aliphatic carbocycles. The van der Waals surface area contributed by atoms with E-state index in [1.54, 1.807) is 0 Å². The second-order valence-corrected chi connectivity index (χ2v) is 6.63. The summed E-state index contributed by atoms with van der Waals surface area (Å²) >= 11 is 6.28. The van der Waals surface area contributed by atoms with E-state index in [9.17, 15) is 0 Å². The predicted molar refractivity (Wildman–Crippen MR) is 119 cm³/mol. The van der Waals surface area contributed by atoms with E-state index >= 15 is 0 Å². The molecule has 0 unspecified atom stereocenters. The first-order valence-electron chi connectivity index (χ1n) is 8.46. The Balaban J connectivity index is 0.00000312. The maximum Gasteiger partial charge on any atom is 0.188 e. The average Bonchev–Trinajstić information content (AvgIpc) is 2.58. The van der Waals surface area contributed by atoms with Crippen LogP contribution in [-0.4, -0.2) is 56.7 Å². The van der Waals surface area contributed by atoms with Crippen LogP contribution in [0.1, 0.15) is 13.3 Å². The van der Waals surface area contributed by atoms with Gasteiger partial charge in [0.1, 0.15) is 0 Å². The van der Waals surface area contributed by atoms with Crippen molar-refractivity contribution in [2.75, 3.05) is 50.7 Å². The summed E-state index contributed by atoms with van der Waals surface area (Å²) in [5, 5.41) is 3.98. The molecule has 25 heavy (non-hydrogen) atoms. The van der Waals surface area contributed by atoms with Crippen LogP contribution in [0.4, 0.5) is 5.69 Å². The van der Waals surface area contributed by atoms with Gasteiger partial charge in [0.05, 0.1) is 17.3 Å². The maximum absolute atomic E-state index is 6.28. The Hall–Kier alpha value is -0.990. The SMILES string of the molecule is C=C(C)CN=C(N)NCCCN1CCN(c2ccccc2Cl)CC1.I. The number of aliphatic imine (C=N–C) groups is 1. The molecular formula is C18H29ClIN5. The molecule has 0 bridgehead atoms. The molecule has 2 rings (SSSR count). The second-order valence-electron chi connectivity index (χ2n) is 6.22. The molecule has 3 N–H and O–H groups in total. The molecule has 0 radical (unpaired) electrons. The van der Waals surface area contributed by atoms with Crippen LogP contribution in [-0.2, 0) is 0 Å². The van der Waals surface area contributed by atoms with Crippen LogP contribution in [0.3, 0.4) is 0 Å². The van der Waals surface area contributed by atoms with Crippen LogP contribution < -0.4 is 16.0 Å². The molecule has 0 aromatic heterocycles. The van der Waals surface area contributed by atoms with E-state index in [-0.39, 0.29) is 24.0 Å². The number of para-hydroxylation sites is 1. The topological polar surface area (TPSA) is 56.9 Å². The number of rotatable bonds is 7. The molecule has 1 saturated heterocycles. The van der Waals surface area contributed by atoms with Crippen molar-refractivity contribution in [3.63, 3.8) is 0 Å². The third-order valence-corrected chi connectivity index (χ3v) is 4.36. The molecule has 5 nitrogen and oxygen atoms in total. The minimum absolute atomic E-state index is 0. The molecule has 1 fully saturated rings. The molecule has 1 aliphatic heterocycles. The smallest absolute Gasteiger partial charge is 0.188 e. The van der Waals surface area contributed by atoms with Gasteiger partial charge in [-0.2, -0.15) is 0 Å². The molecule has 7 heteroatoms. The quantitative estimate of drug-likeness (QED) is 0.208. The van der Waals surface area contributed by atoms with Gasteiger partial charge in [-0.3, -0.25) is 4.90 Å². The fourth-order valence-corrected chi connectivity index (χ4v) is 2.97. The molecule has 1 aromatic carbocycles. The van der Waals surface area contributed by atoms with Crippen molar-refractivity contribution >= 4 is 47.2 Å². The molecule has 140 valence electrons. The zero-order valence-electron chi connectivity index (χ0n) is 14.9. The Morgan fingerprint density at radius 2 is 1.96 bits per heavy atom. The van der Waals surface area contributed by atoms with Crippen LogP contribution in [0, 0.1) is 0 Å². The summed E-state index contributed by atoms with van der Waals surface area (Å²) in [4.78, 5) is 9.05. The van der Waals surface area contributed by atoms with Gasteiger partial charge in [-0.25, -0.2) is 4.99 Å². The Morgan fingerprint density at radius 3 is 2.60 bits per heavy atom. The first-order valence-corrected chi connectivity index (χ1v) is 8.84. The highest BCUT2D eigenvalue weighted by Gasteiger charge is 2.18. The number of nitrogens with one attached hydrogen (secondary N) is 1. The summed E-state index contributed by atoms with van der Waals surface area (Å²) in [6, 6.07) is 8.06. The van der Waals surface area contributed by atoms with Gasteiger partial charge in [0, 0.05) is 32.7 Å². The lowest BCUT2D eigenvalue weighted by molar-refractivity contribution is 0.255. The lowest BCUT2D eigenvalue weighted by Gasteiger charge is -2.36. The fourth-order valence-electron chi connectivity index (χ4n) is 2.72. The number of nitrogens with zero attached hydrogens (tertiary/aromatic N) is 3. The minimum Gasteiger partial charge on any atom is -0.370 e. The molecule has 1 heterocycles. The molecule has 0 spiro atoms. The van der Waals surface area contributed by atoms with Gasteiger partial charge < -0.3 is 16.0 Å². The first-order chi connectivity index (χ1) is 11.6. The van der Waals surface area contributed by atoms with Crippen LogP contribution in [0.2, 0.25) is 5.02 Å². The van der Waals surface area contributed by atoms with Gasteiger partial charge in [0.25, 0.3) is 0 Å². The third kappa shape index (κ3) is 7.83. The second kappa shape index (κ2) is 11.6. The summed E-state index contributed by atoms with van der Waals surface area (Å²) < 4.78 is 0. The summed E-state index contributed by atoms with van der Waals surface area (Å²) in [5.41, 5.74) is 7.95. The van der Waals surface area contributed by atoms with E-state index in [2.05, 4.69) is 32.8 Å². The van der Waals surface area contributed by atoms with Crippen molar-refractivity contribution in [1.29, 1.82) is 0 Å². The monoisotopic (exact) mass is 477 g/mol. The summed E-state index contributed by atoms with van der Waals surface area (Å²) in [6.07, 6.45) is 1.05. The van der Waals surface area contributed by atoms with Gasteiger partial charge >= 0.3 is 0 Å². The van der Waals surface area contributed by atoms with Crippen molar-refractivity contribution in [2.24, 2.45) is 10.7 Å². The highest BCUT2D eigenvalue weighted by molar-refractivity contribution is 14.0. The largest absolute Gasteiger partial charge is 0.370 e. The predicted octanol–water partition coefficient (Wildman–Crippen LogP) is 2.95. The number of halogens is 2. The van der Waals surface area contributed by atoms with Crippen molar-refractivity contribution in [3.8, 4) is 0 Å². The van der Waals surface area contributed by atoms with Crippen molar-refractivity contribution in [1.82, 2.24) is 10.2 Å². The molecule has 0 amide bonds. The number of piperazine rings is 1.